The van der Waals surface area contributed by atoms with Crippen molar-refractivity contribution in [2.75, 3.05) is 11.9 Å². The van der Waals surface area contributed by atoms with Gasteiger partial charge in [-0.1, -0.05) is 35.9 Å². The predicted molar refractivity (Wildman–Crippen MR) is 84.0 cm³/mol. The lowest BCUT2D eigenvalue weighted by Crippen LogP contribution is -2.16. The fraction of sp³-hybridized carbons (Fsp3) is 0.294. The average Bonchev–Trinajstić information content (AvgIpc) is 2.38. The van der Waals surface area contributed by atoms with Crippen LogP contribution in [-0.4, -0.2) is 12.2 Å². The molecular formula is C17H22N2O. The molecule has 0 heterocycles. The van der Waals surface area contributed by atoms with Crippen LogP contribution in [0.2, 0.25) is 0 Å². The smallest absolute Gasteiger partial charge is 0.122 e. The van der Waals surface area contributed by atoms with Crippen molar-refractivity contribution in [2.24, 2.45) is 5.73 Å². The van der Waals surface area contributed by atoms with E-state index < -0.39 is 0 Å². The molecule has 0 saturated heterocycles. The van der Waals surface area contributed by atoms with E-state index in [1.807, 2.05) is 26.1 Å². The van der Waals surface area contributed by atoms with E-state index in [4.69, 9.17) is 5.73 Å². The lowest BCUT2D eigenvalue weighted by atomic mass is 10.1. The minimum absolute atomic E-state index is 0.161. The van der Waals surface area contributed by atoms with E-state index in [9.17, 15) is 5.11 Å². The van der Waals surface area contributed by atoms with Gasteiger partial charge in [0.05, 0.1) is 0 Å². The molecule has 0 amide bonds. The van der Waals surface area contributed by atoms with Crippen LogP contribution >= 0.6 is 0 Å². The van der Waals surface area contributed by atoms with Crippen LogP contribution in [0.3, 0.4) is 0 Å². The Balaban J connectivity index is 2.17. The molecule has 2 aromatic carbocycles. The second-order valence-electron chi connectivity index (χ2n) is 5.38. The Hall–Kier alpha value is -2.00. The number of nitrogens with two attached hydrogens (primary N) is 1. The van der Waals surface area contributed by atoms with E-state index in [1.165, 1.54) is 11.1 Å². The molecule has 0 fully saturated rings. The van der Waals surface area contributed by atoms with Crippen molar-refractivity contribution >= 4 is 5.69 Å². The summed E-state index contributed by atoms with van der Waals surface area (Å²) in [6, 6.07) is 13.9. The predicted octanol–water partition coefficient (Wildman–Crippen LogP) is 3.36. The van der Waals surface area contributed by atoms with Crippen LogP contribution in [0.1, 0.15) is 29.7 Å². The maximum atomic E-state index is 10.0. The number of anilines is 1. The van der Waals surface area contributed by atoms with Crippen molar-refractivity contribution in [2.45, 2.75) is 26.4 Å². The van der Waals surface area contributed by atoms with Crippen LogP contribution in [-0.2, 0) is 6.54 Å². The Morgan fingerprint density at radius 1 is 1.20 bits per heavy atom. The molecule has 0 spiro atoms. The highest BCUT2D eigenvalue weighted by Crippen LogP contribution is 2.28. The van der Waals surface area contributed by atoms with Gasteiger partial charge in [-0.05, 0) is 25.5 Å². The zero-order valence-electron chi connectivity index (χ0n) is 12.3. The van der Waals surface area contributed by atoms with Gasteiger partial charge in [-0.2, -0.15) is 0 Å². The van der Waals surface area contributed by atoms with E-state index in [0.717, 1.165) is 17.8 Å². The van der Waals surface area contributed by atoms with Gasteiger partial charge in [-0.25, -0.2) is 0 Å². The number of hydrogen-bond acceptors (Lipinski definition) is 3. The number of benzene rings is 2. The van der Waals surface area contributed by atoms with E-state index in [1.54, 1.807) is 6.07 Å². The lowest BCUT2D eigenvalue weighted by Gasteiger charge is -2.21. The monoisotopic (exact) mass is 270 g/mol. The molecule has 106 valence electrons. The normalized spacial score (nSPS) is 12.2. The molecule has 1 unspecified atom stereocenters. The van der Waals surface area contributed by atoms with Crippen LogP contribution in [0.25, 0.3) is 0 Å². The summed E-state index contributed by atoms with van der Waals surface area (Å²) >= 11 is 0. The van der Waals surface area contributed by atoms with Crippen molar-refractivity contribution in [3.05, 3.63) is 59.2 Å². The van der Waals surface area contributed by atoms with Crippen LogP contribution in [0.15, 0.2) is 42.5 Å². The summed E-state index contributed by atoms with van der Waals surface area (Å²) in [6.45, 7) is 4.76. The molecule has 1 atom stereocenters. The van der Waals surface area contributed by atoms with Crippen LogP contribution < -0.4 is 10.6 Å². The summed E-state index contributed by atoms with van der Waals surface area (Å²) in [5, 5.41) is 10.0. The van der Waals surface area contributed by atoms with E-state index in [0.29, 0.717) is 0 Å². The number of hydrogen-bond donors (Lipinski definition) is 2. The summed E-state index contributed by atoms with van der Waals surface area (Å²) in [5.41, 5.74) is 10.1. The summed E-state index contributed by atoms with van der Waals surface area (Å²) < 4.78 is 0. The van der Waals surface area contributed by atoms with Crippen molar-refractivity contribution in [3.8, 4) is 5.75 Å². The van der Waals surface area contributed by atoms with Crippen LogP contribution in [0.4, 0.5) is 5.69 Å². The van der Waals surface area contributed by atoms with E-state index >= 15 is 0 Å². The van der Waals surface area contributed by atoms with E-state index in [2.05, 4.69) is 36.1 Å². The number of nitrogens with zero attached hydrogens (tertiary/aromatic N) is 1. The topological polar surface area (TPSA) is 49.5 Å². The fourth-order valence-corrected chi connectivity index (χ4v) is 2.33. The van der Waals surface area contributed by atoms with Gasteiger partial charge in [0, 0.05) is 37.0 Å². The maximum absolute atomic E-state index is 10.0. The molecule has 0 aliphatic heterocycles. The zero-order chi connectivity index (χ0) is 14.7. The molecular weight excluding hydrogens is 248 g/mol. The number of phenolic OH excluding ortho intramolecular Hbond substituents is 1. The second-order valence-corrected chi connectivity index (χ2v) is 5.38. The zero-order valence-corrected chi connectivity index (χ0v) is 12.3. The first-order valence-corrected chi connectivity index (χ1v) is 6.82. The molecule has 0 radical (unpaired) electrons. The summed E-state index contributed by atoms with van der Waals surface area (Å²) in [6.07, 6.45) is 0. The number of aryl methyl sites for hydroxylation is 1. The quantitative estimate of drug-likeness (QED) is 0.895. The summed E-state index contributed by atoms with van der Waals surface area (Å²) in [4.78, 5) is 2.11. The minimum atomic E-state index is -0.161. The number of rotatable bonds is 4. The van der Waals surface area contributed by atoms with Crippen molar-refractivity contribution in [1.29, 1.82) is 0 Å². The SMILES string of the molecule is Cc1cccc(CN(C)c2ccc(C(C)N)c(O)c2)c1. The summed E-state index contributed by atoms with van der Waals surface area (Å²) in [7, 11) is 2.02. The molecule has 0 aliphatic carbocycles. The summed E-state index contributed by atoms with van der Waals surface area (Å²) in [5.74, 6) is 0.258. The van der Waals surface area contributed by atoms with Gasteiger partial charge in [0.1, 0.15) is 5.75 Å². The van der Waals surface area contributed by atoms with Gasteiger partial charge in [-0.3, -0.25) is 0 Å². The Bertz CT molecular complexity index is 593. The van der Waals surface area contributed by atoms with Crippen molar-refractivity contribution in [1.82, 2.24) is 0 Å². The maximum Gasteiger partial charge on any atom is 0.122 e. The molecule has 0 aromatic heterocycles. The van der Waals surface area contributed by atoms with Gasteiger partial charge in [0.2, 0.25) is 0 Å². The number of aromatic hydroxyl groups is 1. The molecule has 3 heteroatoms. The molecule has 2 aromatic rings. The van der Waals surface area contributed by atoms with Gasteiger partial charge < -0.3 is 15.7 Å². The Kier molecular flexibility index (Phi) is 4.30. The third-order valence-corrected chi connectivity index (χ3v) is 3.45. The third-order valence-electron chi connectivity index (χ3n) is 3.45. The first-order valence-electron chi connectivity index (χ1n) is 6.82. The minimum Gasteiger partial charge on any atom is -0.508 e. The first kappa shape index (κ1) is 14.4. The van der Waals surface area contributed by atoms with Gasteiger partial charge >= 0.3 is 0 Å². The molecule has 0 saturated carbocycles. The molecule has 20 heavy (non-hydrogen) atoms. The molecule has 0 aliphatic rings. The van der Waals surface area contributed by atoms with Crippen LogP contribution in [0.5, 0.6) is 5.75 Å². The molecule has 3 nitrogen and oxygen atoms in total. The average molecular weight is 270 g/mol. The highest BCUT2D eigenvalue weighted by molar-refractivity contribution is 5.53. The van der Waals surface area contributed by atoms with Crippen molar-refractivity contribution < 1.29 is 5.11 Å². The van der Waals surface area contributed by atoms with Crippen LogP contribution in [0, 0.1) is 6.92 Å². The lowest BCUT2D eigenvalue weighted by molar-refractivity contribution is 0.464. The largest absolute Gasteiger partial charge is 0.508 e. The number of phenols is 1. The highest BCUT2D eigenvalue weighted by Gasteiger charge is 2.09. The van der Waals surface area contributed by atoms with Gasteiger partial charge in [0.15, 0.2) is 0 Å². The van der Waals surface area contributed by atoms with Crippen molar-refractivity contribution in [3.63, 3.8) is 0 Å². The molecule has 2 rings (SSSR count). The standard InChI is InChI=1S/C17H22N2O/c1-12-5-4-6-14(9-12)11-19(3)15-7-8-16(13(2)18)17(20)10-15/h4-10,13,20H,11,18H2,1-3H3. The molecule has 0 bridgehead atoms. The Morgan fingerprint density at radius 3 is 2.55 bits per heavy atom. The third kappa shape index (κ3) is 3.31. The Morgan fingerprint density at radius 2 is 1.95 bits per heavy atom. The Labute approximate surface area is 120 Å². The van der Waals surface area contributed by atoms with Gasteiger partial charge in [-0.15, -0.1) is 0 Å². The van der Waals surface area contributed by atoms with Gasteiger partial charge in [0.25, 0.3) is 0 Å². The van der Waals surface area contributed by atoms with E-state index in [-0.39, 0.29) is 11.8 Å². The fourth-order valence-electron chi connectivity index (χ4n) is 2.33. The molecule has 3 N–H and O–H groups in total. The second kappa shape index (κ2) is 5.97. The highest BCUT2D eigenvalue weighted by atomic mass is 16.3. The first-order chi connectivity index (χ1) is 9.47.